The van der Waals surface area contributed by atoms with Crippen LogP contribution < -0.4 is 4.74 Å². The lowest BCUT2D eigenvalue weighted by Gasteiger charge is -2.35. The van der Waals surface area contributed by atoms with Gasteiger partial charge in [0.2, 0.25) is 0 Å². The molecular formula is C18H25NO4. The van der Waals surface area contributed by atoms with Crippen LogP contribution in [0.15, 0.2) is 24.3 Å². The molecule has 5 heteroatoms. The molecular weight excluding hydrogens is 294 g/mol. The Morgan fingerprint density at radius 3 is 2.35 bits per heavy atom. The molecule has 0 radical (unpaired) electrons. The number of amides is 1. The smallest absolute Gasteiger partial charge is 0.410 e. The lowest BCUT2D eigenvalue weighted by Crippen LogP contribution is -2.49. The first-order valence-electron chi connectivity index (χ1n) is 8.00. The van der Waals surface area contributed by atoms with E-state index in [1.807, 2.05) is 20.8 Å². The van der Waals surface area contributed by atoms with Crippen LogP contribution in [-0.2, 0) is 4.74 Å². The second-order valence-corrected chi connectivity index (χ2v) is 6.78. The maximum atomic E-state index is 12.8. The average molecular weight is 319 g/mol. The Kier molecular flexibility index (Phi) is 5.29. The molecule has 0 bridgehead atoms. The Morgan fingerprint density at radius 1 is 1.13 bits per heavy atom. The number of Topliss-reactive ketones (excluding diaryl/α,β-unsaturated/α-hetero) is 1. The van der Waals surface area contributed by atoms with Crippen LogP contribution >= 0.6 is 0 Å². The first kappa shape index (κ1) is 17.3. The van der Waals surface area contributed by atoms with Crippen molar-refractivity contribution in [2.45, 2.75) is 51.7 Å². The summed E-state index contributed by atoms with van der Waals surface area (Å²) in [4.78, 5) is 26.8. The van der Waals surface area contributed by atoms with Crippen LogP contribution in [0.1, 0.15) is 50.4 Å². The minimum Gasteiger partial charge on any atom is -0.497 e. The van der Waals surface area contributed by atoms with Gasteiger partial charge in [-0.3, -0.25) is 9.69 Å². The van der Waals surface area contributed by atoms with Gasteiger partial charge in [0.25, 0.3) is 0 Å². The van der Waals surface area contributed by atoms with Gasteiger partial charge in [0, 0.05) is 12.1 Å². The SMILES string of the molecule is COc1ccc(C(=O)[C@@H]2CCCCN2C(=O)OC(C)(C)C)cc1. The number of likely N-dealkylation sites (tertiary alicyclic amines) is 1. The number of piperidine rings is 1. The number of nitrogens with zero attached hydrogens (tertiary/aromatic N) is 1. The van der Waals surface area contributed by atoms with E-state index in [2.05, 4.69) is 0 Å². The number of ketones is 1. The van der Waals surface area contributed by atoms with Gasteiger partial charge in [0.05, 0.1) is 13.2 Å². The normalized spacial score (nSPS) is 18.4. The second-order valence-electron chi connectivity index (χ2n) is 6.78. The summed E-state index contributed by atoms with van der Waals surface area (Å²) in [5, 5.41) is 0. The van der Waals surface area contributed by atoms with E-state index in [1.165, 1.54) is 0 Å². The third-order valence-corrected chi connectivity index (χ3v) is 3.81. The van der Waals surface area contributed by atoms with Gasteiger partial charge < -0.3 is 9.47 Å². The summed E-state index contributed by atoms with van der Waals surface area (Å²) in [5.74, 6) is 0.660. The number of benzene rings is 1. The first-order chi connectivity index (χ1) is 10.8. The van der Waals surface area contributed by atoms with E-state index in [0.29, 0.717) is 24.3 Å². The van der Waals surface area contributed by atoms with E-state index in [9.17, 15) is 9.59 Å². The minimum atomic E-state index is -0.567. The molecule has 0 aromatic heterocycles. The van der Waals surface area contributed by atoms with Crippen molar-refractivity contribution in [1.29, 1.82) is 0 Å². The van der Waals surface area contributed by atoms with E-state index < -0.39 is 17.7 Å². The van der Waals surface area contributed by atoms with Gasteiger partial charge in [0.15, 0.2) is 5.78 Å². The highest BCUT2D eigenvalue weighted by Gasteiger charge is 2.35. The van der Waals surface area contributed by atoms with Crippen molar-refractivity contribution < 1.29 is 19.1 Å². The van der Waals surface area contributed by atoms with Gasteiger partial charge in [-0.25, -0.2) is 4.79 Å². The zero-order valence-electron chi connectivity index (χ0n) is 14.3. The van der Waals surface area contributed by atoms with E-state index in [0.717, 1.165) is 12.8 Å². The van der Waals surface area contributed by atoms with Gasteiger partial charge >= 0.3 is 6.09 Å². The summed E-state index contributed by atoms with van der Waals surface area (Å²) < 4.78 is 10.6. The Hall–Kier alpha value is -2.04. The van der Waals surface area contributed by atoms with Crippen molar-refractivity contribution >= 4 is 11.9 Å². The molecule has 1 aliphatic heterocycles. The molecule has 0 spiro atoms. The Bertz CT molecular complexity index is 559. The predicted octanol–water partition coefficient (Wildman–Crippen LogP) is 3.67. The number of methoxy groups -OCH3 is 1. The van der Waals surface area contributed by atoms with Gasteiger partial charge in [-0.15, -0.1) is 0 Å². The van der Waals surface area contributed by atoms with Crippen molar-refractivity contribution in [2.75, 3.05) is 13.7 Å². The molecule has 2 rings (SSSR count). The van der Waals surface area contributed by atoms with Crippen LogP contribution in [-0.4, -0.2) is 42.1 Å². The molecule has 1 atom stereocenters. The molecule has 23 heavy (non-hydrogen) atoms. The first-order valence-corrected chi connectivity index (χ1v) is 8.00. The van der Waals surface area contributed by atoms with Crippen molar-refractivity contribution in [2.24, 2.45) is 0 Å². The summed E-state index contributed by atoms with van der Waals surface area (Å²) >= 11 is 0. The molecule has 5 nitrogen and oxygen atoms in total. The van der Waals surface area contributed by atoms with Crippen LogP contribution in [0.25, 0.3) is 0 Å². The largest absolute Gasteiger partial charge is 0.497 e. The highest BCUT2D eigenvalue weighted by atomic mass is 16.6. The predicted molar refractivity (Wildman–Crippen MR) is 87.9 cm³/mol. The van der Waals surface area contributed by atoms with Crippen molar-refractivity contribution in [3.8, 4) is 5.75 Å². The lowest BCUT2D eigenvalue weighted by molar-refractivity contribution is 0.0105. The maximum Gasteiger partial charge on any atom is 0.410 e. The quantitative estimate of drug-likeness (QED) is 0.798. The summed E-state index contributed by atoms with van der Waals surface area (Å²) in [7, 11) is 1.59. The van der Waals surface area contributed by atoms with Gasteiger partial charge in [-0.05, 0) is 64.3 Å². The van der Waals surface area contributed by atoms with Gasteiger partial charge in [-0.1, -0.05) is 0 Å². The molecule has 0 saturated carbocycles. The fourth-order valence-electron chi connectivity index (χ4n) is 2.69. The van der Waals surface area contributed by atoms with Gasteiger partial charge in [0.1, 0.15) is 11.4 Å². The summed E-state index contributed by atoms with van der Waals surface area (Å²) in [5.41, 5.74) is 0.0219. The molecule has 126 valence electrons. The Balaban J connectivity index is 2.16. The molecule has 1 aliphatic rings. The van der Waals surface area contributed by atoms with Crippen LogP contribution in [0.2, 0.25) is 0 Å². The summed E-state index contributed by atoms with van der Waals surface area (Å²) in [6, 6.07) is 6.54. The monoisotopic (exact) mass is 319 g/mol. The zero-order valence-corrected chi connectivity index (χ0v) is 14.3. The molecule has 1 saturated heterocycles. The molecule has 1 fully saturated rings. The van der Waals surface area contributed by atoms with Crippen LogP contribution in [0.4, 0.5) is 4.79 Å². The molecule has 0 N–H and O–H groups in total. The number of carbonyl (C=O) groups is 2. The van der Waals surface area contributed by atoms with Crippen LogP contribution in [0.3, 0.4) is 0 Å². The Labute approximate surface area is 137 Å². The van der Waals surface area contributed by atoms with Crippen LogP contribution in [0, 0.1) is 0 Å². The fraction of sp³-hybridized carbons (Fsp3) is 0.556. The van der Waals surface area contributed by atoms with Crippen molar-refractivity contribution in [3.63, 3.8) is 0 Å². The summed E-state index contributed by atoms with van der Waals surface area (Å²) in [6.45, 7) is 6.04. The number of hydrogen-bond donors (Lipinski definition) is 0. The molecule has 1 amide bonds. The lowest BCUT2D eigenvalue weighted by atomic mass is 9.94. The second kappa shape index (κ2) is 7.02. The molecule has 1 aromatic rings. The topological polar surface area (TPSA) is 55.8 Å². The number of hydrogen-bond acceptors (Lipinski definition) is 4. The highest BCUT2D eigenvalue weighted by molar-refractivity contribution is 6.01. The van der Waals surface area contributed by atoms with Crippen molar-refractivity contribution in [1.82, 2.24) is 4.90 Å². The molecule has 0 aliphatic carbocycles. The number of rotatable bonds is 3. The fourth-order valence-corrected chi connectivity index (χ4v) is 2.69. The molecule has 1 aromatic carbocycles. The van der Waals surface area contributed by atoms with E-state index in [-0.39, 0.29) is 5.78 Å². The standard InChI is InChI=1S/C18H25NO4/c1-18(2,3)23-17(21)19-12-6-5-7-15(19)16(20)13-8-10-14(22-4)11-9-13/h8-11,15H,5-7,12H2,1-4H3/t15-/m0/s1. The third kappa shape index (κ3) is 4.47. The Morgan fingerprint density at radius 2 is 1.78 bits per heavy atom. The van der Waals surface area contributed by atoms with E-state index >= 15 is 0 Å². The minimum absolute atomic E-state index is 0.0433. The number of carbonyl (C=O) groups excluding carboxylic acids is 2. The third-order valence-electron chi connectivity index (χ3n) is 3.81. The van der Waals surface area contributed by atoms with E-state index in [1.54, 1.807) is 36.3 Å². The van der Waals surface area contributed by atoms with Gasteiger partial charge in [-0.2, -0.15) is 0 Å². The number of ether oxygens (including phenoxy) is 2. The van der Waals surface area contributed by atoms with Crippen LogP contribution in [0.5, 0.6) is 5.75 Å². The van der Waals surface area contributed by atoms with Crippen molar-refractivity contribution in [3.05, 3.63) is 29.8 Å². The molecule has 0 unspecified atom stereocenters. The maximum absolute atomic E-state index is 12.8. The summed E-state index contributed by atoms with van der Waals surface area (Å²) in [6.07, 6.45) is 2.09. The highest BCUT2D eigenvalue weighted by Crippen LogP contribution is 2.24. The molecule has 1 heterocycles. The zero-order chi connectivity index (χ0) is 17.0. The van der Waals surface area contributed by atoms with E-state index in [4.69, 9.17) is 9.47 Å². The average Bonchev–Trinajstić information content (AvgIpc) is 2.52.